The molecule has 0 saturated heterocycles. The molecule has 2 rings (SSSR count). The van der Waals surface area contributed by atoms with E-state index in [0.29, 0.717) is 23.4 Å². The largest absolute Gasteiger partial charge is 0.461 e. The van der Waals surface area contributed by atoms with Gasteiger partial charge in [0, 0.05) is 10.9 Å². The van der Waals surface area contributed by atoms with E-state index in [1.807, 2.05) is 0 Å². The highest BCUT2D eigenvalue weighted by Gasteiger charge is 2.18. The van der Waals surface area contributed by atoms with Crippen molar-refractivity contribution in [1.82, 2.24) is 4.98 Å². The van der Waals surface area contributed by atoms with E-state index in [9.17, 15) is 15.0 Å². The summed E-state index contributed by atoms with van der Waals surface area (Å²) in [5.74, 6) is -0.443. The SMILES string of the molecule is CCOC(=O)c1cc2ccc(C(O)C(O)CO)cc2[nH]1. The second-order valence-electron chi connectivity index (χ2n) is 4.44. The molecule has 0 saturated carbocycles. The molecule has 2 atom stereocenters. The first-order chi connectivity index (χ1) is 9.56. The third-order valence-electron chi connectivity index (χ3n) is 3.03. The molecule has 0 aliphatic heterocycles. The molecule has 1 aromatic carbocycles. The number of H-pyrrole nitrogens is 1. The monoisotopic (exact) mass is 279 g/mol. The molecule has 6 heteroatoms. The molecule has 0 fully saturated rings. The summed E-state index contributed by atoms with van der Waals surface area (Å²) in [5.41, 5.74) is 1.43. The maximum absolute atomic E-state index is 11.6. The van der Waals surface area contributed by atoms with Gasteiger partial charge in [0.15, 0.2) is 0 Å². The Morgan fingerprint density at radius 1 is 1.35 bits per heavy atom. The topological polar surface area (TPSA) is 103 Å². The number of nitrogens with one attached hydrogen (secondary N) is 1. The number of aromatic amines is 1. The van der Waals surface area contributed by atoms with E-state index in [2.05, 4.69) is 4.98 Å². The maximum Gasteiger partial charge on any atom is 0.354 e. The van der Waals surface area contributed by atoms with Crippen LogP contribution in [0.3, 0.4) is 0 Å². The molecule has 1 aromatic heterocycles. The number of carbonyl (C=O) groups is 1. The lowest BCUT2D eigenvalue weighted by atomic mass is 10.0. The van der Waals surface area contributed by atoms with E-state index in [1.54, 1.807) is 31.2 Å². The van der Waals surface area contributed by atoms with Gasteiger partial charge in [-0.1, -0.05) is 12.1 Å². The number of aliphatic hydroxyl groups is 3. The molecular formula is C14H17NO5. The lowest BCUT2D eigenvalue weighted by molar-refractivity contribution is -0.0152. The Morgan fingerprint density at radius 2 is 2.10 bits per heavy atom. The van der Waals surface area contributed by atoms with E-state index in [-0.39, 0.29) is 0 Å². The number of benzene rings is 1. The van der Waals surface area contributed by atoms with Crippen molar-refractivity contribution in [3.8, 4) is 0 Å². The fourth-order valence-corrected chi connectivity index (χ4v) is 1.97. The van der Waals surface area contributed by atoms with E-state index in [0.717, 1.165) is 5.39 Å². The van der Waals surface area contributed by atoms with E-state index < -0.39 is 24.8 Å². The van der Waals surface area contributed by atoms with Crippen molar-refractivity contribution < 1.29 is 24.9 Å². The second kappa shape index (κ2) is 6.04. The van der Waals surface area contributed by atoms with Crippen LogP contribution in [-0.2, 0) is 4.74 Å². The Morgan fingerprint density at radius 3 is 2.75 bits per heavy atom. The number of esters is 1. The zero-order chi connectivity index (χ0) is 14.7. The van der Waals surface area contributed by atoms with Gasteiger partial charge in [-0.25, -0.2) is 4.79 Å². The molecule has 0 amide bonds. The molecule has 2 aromatic rings. The molecule has 20 heavy (non-hydrogen) atoms. The summed E-state index contributed by atoms with van der Waals surface area (Å²) in [4.78, 5) is 14.5. The summed E-state index contributed by atoms with van der Waals surface area (Å²) >= 11 is 0. The Kier molecular flexibility index (Phi) is 4.39. The third kappa shape index (κ3) is 2.82. The minimum atomic E-state index is -1.24. The first kappa shape index (κ1) is 14.5. The molecule has 0 spiro atoms. The predicted molar refractivity (Wildman–Crippen MR) is 72.3 cm³/mol. The van der Waals surface area contributed by atoms with Gasteiger partial charge < -0.3 is 25.0 Å². The number of carbonyl (C=O) groups excluding carboxylic acids is 1. The van der Waals surface area contributed by atoms with Crippen LogP contribution < -0.4 is 0 Å². The van der Waals surface area contributed by atoms with Crippen molar-refractivity contribution in [2.45, 2.75) is 19.1 Å². The van der Waals surface area contributed by atoms with Crippen molar-refractivity contribution in [3.05, 3.63) is 35.5 Å². The fourth-order valence-electron chi connectivity index (χ4n) is 1.97. The fraction of sp³-hybridized carbons (Fsp3) is 0.357. The van der Waals surface area contributed by atoms with Crippen molar-refractivity contribution >= 4 is 16.9 Å². The first-order valence-electron chi connectivity index (χ1n) is 6.33. The average Bonchev–Trinajstić information content (AvgIpc) is 2.88. The predicted octanol–water partition coefficient (Wildman–Crippen LogP) is 0.731. The second-order valence-corrected chi connectivity index (χ2v) is 4.44. The highest BCUT2D eigenvalue weighted by molar-refractivity contribution is 5.94. The summed E-state index contributed by atoms with van der Waals surface area (Å²) < 4.78 is 4.90. The zero-order valence-electron chi connectivity index (χ0n) is 11.0. The Labute approximate surface area is 115 Å². The van der Waals surface area contributed by atoms with Gasteiger partial charge in [-0.2, -0.15) is 0 Å². The number of fused-ring (bicyclic) bond motifs is 1. The Bertz CT molecular complexity index is 607. The molecule has 0 radical (unpaired) electrons. The van der Waals surface area contributed by atoms with Crippen LogP contribution in [0, 0.1) is 0 Å². The minimum absolute atomic E-state index is 0.293. The van der Waals surface area contributed by atoms with E-state index in [1.165, 1.54) is 0 Å². The molecule has 4 N–H and O–H groups in total. The van der Waals surface area contributed by atoms with Crippen LogP contribution in [0.4, 0.5) is 0 Å². The molecule has 108 valence electrons. The van der Waals surface area contributed by atoms with Crippen LogP contribution in [0.15, 0.2) is 24.3 Å². The van der Waals surface area contributed by atoms with Gasteiger partial charge >= 0.3 is 5.97 Å². The summed E-state index contributed by atoms with van der Waals surface area (Å²) in [6.07, 6.45) is -2.43. The molecule has 1 heterocycles. The van der Waals surface area contributed by atoms with Crippen LogP contribution in [0.5, 0.6) is 0 Å². The molecular weight excluding hydrogens is 262 g/mol. The van der Waals surface area contributed by atoms with Crippen LogP contribution in [-0.4, -0.2) is 45.6 Å². The summed E-state index contributed by atoms with van der Waals surface area (Å²) in [5, 5.41) is 28.9. The number of ether oxygens (including phenoxy) is 1. The van der Waals surface area contributed by atoms with Gasteiger partial charge in [-0.3, -0.25) is 0 Å². The highest BCUT2D eigenvalue weighted by Crippen LogP contribution is 2.23. The number of rotatable bonds is 5. The molecule has 0 bridgehead atoms. The van der Waals surface area contributed by atoms with Crippen molar-refractivity contribution in [2.24, 2.45) is 0 Å². The van der Waals surface area contributed by atoms with Crippen LogP contribution in [0.25, 0.3) is 10.9 Å². The summed E-state index contributed by atoms with van der Waals surface area (Å²) in [7, 11) is 0. The lowest BCUT2D eigenvalue weighted by Gasteiger charge is -2.15. The Hall–Kier alpha value is -1.89. The number of aliphatic hydroxyl groups excluding tert-OH is 3. The highest BCUT2D eigenvalue weighted by atomic mass is 16.5. The van der Waals surface area contributed by atoms with Crippen molar-refractivity contribution in [1.29, 1.82) is 0 Å². The normalized spacial score (nSPS) is 14.2. The first-order valence-corrected chi connectivity index (χ1v) is 6.33. The molecule has 6 nitrogen and oxygen atoms in total. The van der Waals surface area contributed by atoms with E-state index >= 15 is 0 Å². The number of aromatic nitrogens is 1. The summed E-state index contributed by atoms with van der Waals surface area (Å²) in [6.45, 7) is 1.49. The zero-order valence-corrected chi connectivity index (χ0v) is 11.0. The van der Waals surface area contributed by atoms with Gasteiger partial charge in [-0.05, 0) is 24.6 Å². The smallest absolute Gasteiger partial charge is 0.354 e. The van der Waals surface area contributed by atoms with Crippen molar-refractivity contribution in [2.75, 3.05) is 13.2 Å². The van der Waals surface area contributed by atoms with E-state index in [4.69, 9.17) is 9.84 Å². The molecule has 0 aliphatic carbocycles. The van der Waals surface area contributed by atoms with Gasteiger partial charge in [0.05, 0.1) is 13.2 Å². The quantitative estimate of drug-likeness (QED) is 0.604. The van der Waals surface area contributed by atoms with Crippen LogP contribution in [0.2, 0.25) is 0 Å². The van der Waals surface area contributed by atoms with Crippen LogP contribution in [0.1, 0.15) is 29.1 Å². The Balaban J connectivity index is 2.32. The van der Waals surface area contributed by atoms with Crippen LogP contribution >= 0.6 is 0 Å². The summed E-state index contributed by atoms with van der Waals surface area (Å²) in [6, 6.07) is 6.64. The average molecular weight is 279 g/mol. The number of hydrogen-bond donors (Lipinski definition) is 4. The maximum atomic E-state index is 11.6. The minimum Gasteiger partial charge on any atom is -0.461 e. The third-order valence-corrected chi connectivity index (χ3v) is 3.03. The van der Waals surface area contributed by atoms with Gasteiger partial charge in [0.25, 0.3) is 0 Å². The van der Waals surface area contributed by atoms with Gasteiger partial charge in [0.2, 0.25) is 0 Å². The lowest BCUT2D eigenvalue weighted by Crippen LogP contribution is -2.21. The van der Waals surface area contributed by atoms with Gasteiger partial charge in [-0.15, -0.1) is 0 Å². The number of hydrogen-bond acceptors (Lipinski definition) is 5. The standard InChI is InChI=1S/C14H17NO5/c1-2-20-14(19)11-5-8-3-4-9(6-10(8)15-11)13(18)12(17)7-16/h3-6,12-13,15-18H,2,7H2,1H3. The molecule has 0 aliphatic rings. The molecule has 2 unspecified atom stereocenters. The van der Waals surface area contributed by atoms with Gasteiger partial charge in [0.1, 0.15) is 17.9 Å². The van der Waals surface area contributed by atoms with Crippen molar-refractivity contribution in [3.63, 3.8) is 0 Å².